The minimum atomic E-state index is -0.247. The SMILES string of the molecule is CC(CN1CCCC1)OC(=O)c1cccc(Br)c1. The first-order valence-electron chi connectivity index (χ1n) is 6.34. The summed E-state index contributed by atoms with van der Waals surface area (Å²) in [5.41, 5.74) is 0.595. The number of esters is 1. The minimum absolute atomic E-state index is 0.0606. The zero-order valence-corrected chi connectivity index (χ0v) is 12.1. The molecule has 0 bridgehead atoms. The standard InChI is InChI=1S/C14H18BrNO2/c1-11(10-16-7-2-3-8-16)18-14(17)12-5-4-6-13(15)9-12/h4-6,9,11H,2-3,7-8,10H2,1H3. The predicted molar refractivity (Wildman–Crippen MR) is 74.7 cm³/mol. The van der Waals surface area contributed by atoms with E-state index in [9.17, 15) is 4.79 Å². The first-order chi connectivity index (χ1) is 8.65. The van der Waals surface area contributed by atoms with Gasteiger partial charge in [0.15, 0.2) is 0 Å². The summed E-state index contributed by atoms with van der Waals surface area (Å²) in [4.78, 5) is 14.3. The summed E-state index contributed by atoms with van der Waals surface area (Å²) < 4.78 is 6.34. The van der Waals surface area contributed by atoms with Gasteiger partial charge in [-0.25, -0.2) is 4.79 Å². The molecule has 0 radical (unpaired) electrons. The highest BCUT2D eigenvalue weighted by Gasteiger charge is 2.18. The molecule has 0 amide bonds. The molecule has 1 aliphatic rings. The number of hydrogen-bond acceptors (Lipinski definition) is 3. The van der Waals surface area contributed by atoms with Crippen molar-refractivity contribution in [2.75, 3.05) is 19.6 Å². The normalized spacial score (nSPS) is 17.7. The Morgan fingerprint density at radius 2 is 2.17 bits per heavy atom. The lowest BCUT2D eigenvalue weighted by Crippen LogP contribution is -2.31. The lowest BCUT2D eigenvalue weighted by atomic mass is 10.2. The van der Waals surface area contributed by atoms with Crippen molar-refractivity contribution in [2.45, 2.75) is 25.9 Å². The highest BCUT2D eigenvalue weighted by atomic mass is 79.9. The molecule has 1 unspecified atom stereocenters. The van der Waals surface area contributed by atoms with E-state index in [-0.39, 0.29) is 12.1 Å². The average molecular weight is 312 g/mol. The first-order valence-corrected chi connectivity index (χ1v) is 7.13. The van der Waals surface area contributed by atoms with E-state index in [1.165, 1.54) is 12.8 Å². The van der Waals surface area contributed by atoms with Crippen molar-refractivity contribution in [3.8, 4) is 0 Å². The second-order valence-corrected chi connectivity index (χ2v) is 5.65. The van der Waals surface area contributed by atoms with E-state index in [2.05, 4.69) is 20.8 Å². The van der Waals surface area contributed by atoms with Gasteiger partial charge < -0.3 is 4.74 Å². The van der Waals surface area contributed by atoms with E-state index in [4.69, 9.17) is 4.74 Å². The van der Waals surface area contributed by atoms with Crippen molar-refractivity contribution >= 4 is 21.9 Å². The number of benzene rings is 1. The maximum absolute atomic E-state index is 11.9. The molecule has 2 rings (SSSR count). The Morgan fingerprint density at radius 1 is 1.44 bits per heavy atom. The predicted octanol–water partition coefficient (Wildman–Crippen LogP) is 3.09. The van der Waals surface area contributed by atoms with Crippen LogP contribution in [0, 0.1) is 0 Å². The van der Waals surface area contributed by atoms with Gasteiger partial charge in [-0.3, -0.25) is 4.90 Å². The van der Waals surface area contributed by atoms with Gasteiger partial charge >= 0.3 is 5.97 Å². The third kappa shape index (κ3) is 3.82. The Hall–Kier alpha value is -0.870. The third-order valence-corrected chi connectivity index (χ3v) is 3.58. The fourth-order valence-electron chi connectivity index (χ4n) is 2.23. The maximum Gasteiger partial charge on any atom is 0.338 e. The minimum Gasteiger partial charge on any atom is -0.458 e. The molecule has 3 nitrogen and oxygen atoms in total. The molecule has 1 heterocycles. The smallest absolute Gasteiger partial charge is 0.338 e. The van der Waals surface area contributed by atoms with Gasteiger partial charge in [0.05, 0.1) is 5.56 Å². The fraction of sp³-hybridized carbons (Fsp3) is 0.500. The molecule has 1 aromatic carbocycles. The number of hydrogen-bond donors (Lipinski definition) is 0. The molecular formula is C14H18BrNO2. The van der Waals surface area contributed by atoms with Gasteiger partial charge in [0, 0.05) is 11.0 Å². The molecule has 0 N–H and O–H groups in total. The van der Waals surface area contributed by atoms with Gasteiger partial charge in [-0.05, 0) is 51.1 Å². The Bertz CT molecular complexity index is 416. The van der Waals surface area contributed by atoms with Crippen molar-refractivity contribution in [1.82, 2.24) is 4.90 Å². The van der Waals surface area contributed by atoms with E-state index < -0.39 is 0 Å². The summed E-state index contributed by atoms with van der Waals surface area (Å²) in [6.45, 7) is 5.03. The van der Waals surface area contributed by atoms with Crippen LogP contribution in [0.4, 0.5) is 0 Å². The first kappa shape index (κ1) is 13.6. The summed E-state index contributed by atoms with van der Waals surface area (Å²) >= 11 is 3.35. The number of halogens is 1. The molecule has 1 aliphatic heterocycles. The molecule has 0 spiro atoms. The van der Waals surface area contributed by atoms with Gasteiger partial charge in [0.25, 0.3) is 0 Å². The molecule has 0 saturated carbocycles. The lowest BCUT2D eigenvalue weighted by molar-refractivity contribution is 0.0271. The van der Waals surface area contributed by atoms with E-state index in [0.717, 1.165) is 24.1 Å². The number of nitrogens with zero attached hydrogens (tertiary/aromatic N) is 1. The molecule has 0 aliphatic carbocycles. The van der Waals surface area contributed by atoms with Crippen LogP contribution in [0.2, 0.25) is 0 Å². The molecule has 98 valence electrons. The van der Waals surface area contributed by atoms with Gasteiger partial charge in [-0.1, -0.05) is 22.0 Å². The van der Waals surface area contributed by atoms with Gasteiger partial charge in [-0.2, -0.15) is 0 Å². The molecule has 1 fully saturated rings. The van der Waals surface area contributed by atoms with E-state index in [1.54, 1.807) is 12.1 Å². The van der Waals surface area contributed by atoms with Crippen LogP contribution in [0.15, 0.2) is 28.7 Å². The number of ether oxygens (including phenoxy) is 1. The third-order valence-electron chi connectivity index (χ3n) is 3.08. The van der Waals surface area contributed by atoms with Crippen LogP contribution in [-0.4, -0.2) is 36.6 Å². The molecule has 1 saturated heterocycles. The van der Waals surface area contributed by atoms with Crippen molar-refractivity contribution in [3.63, 3.8) is 0 Å². The van der Waals surface area contributed by atoms with Crippen LogP contribution < -0.4 is 0 Å². The fourth-order valence-corrected chi connectivity index (χ4v) is 2.63. The molecule has 18 heavy (non-hydrogen) atoms. The van der Waals surface area contributed by atoms with Crippen molar-refractivity contribution in [1.29, 1.82) is 0 Å². The summed E-state index contributed by atoms with van der Waals surface area (Å²) in [7, 11) is 0. The van der Waals surface area contributed by atoms with Crippen LogP contribution in [0.1, 0.15) is 30.1 Å². The van der Waals surface area contributed by atoms with Gasteiger partial charge in [-0.15, -0.1) is 0 Å². The highest BCUT2D eigenvalue weighted by Crippen LogP contribution is 2.14. The van der Waals surface area contributed by atoms with Crippen LogP contribution >= 0.6 is 15.9 Å². The van der Waals surface area contributed by atoms with E-state index in [1.807, 2.05) is 19.1 Å². The van der Waals surface area contributed by atoms with Crippen LogP contribution in [-0.2, 0) is 4.74 Å². The van der Waals surface area contributed by atoms with E-state index in [0.29, 0.717) is 5.56 Å². The second-order valence-electron chi connectivity index (χ2n) is 4.73. The molecule has 1 atom stereocenters. The Kier molecular flexibility index (Phi) is 4.78. The Balaban J connectivity index is 1.86. The quantitative estimate of drug-likeness (QED) is 0.800. The average Bonchev–Trinajstić information content (AvgIpc) is 2.81. The second kappa shape index (κ2) is 6.34. The Morgan fingerprint density at radius 3 is 2.83 bits per heavy atom. The summed E-state index contributed by atoms with van der Waals surface area (Å²) in [5.74, 6) is -0.247. The van der Waals surface area contributed by atoms with Gasteiger partial charge in [0.2, 0.25) is 0 Å². The van der Waals surface area contributed by atoms with Crippen molar-refractivity contribution in [2.24, 2.45) is 0 Å². The monoisotopic (exact) mass is 311 g/mol. The number of rotatable bonds is 4. The van der Waals surface area contributed by atoms with Crippen LogP contribution in [0.3, 0.4) is 0 Å². The number of likely N-dealkylation sites (tertiary alicyclic amines) is 1. The number of carbonyl (C=O) groups is 1. The van der Waals surface area contributed by atoms with Crippen molar-refractivity contribution in [3.05, 3.63) is 34.3 Å². The van der Waals surface area contributed by atoms with Crippen molar-refractivity contribution < 1.29 is 9.53 Å². The summed E-state index contributed by atoms with van der Waals surface area (Å²) in [6.07, 6.45) is 2.45. The molecule has 1 aromatic rings. The Labute approximate surface area is 116 Å². The summed E-state index contributed by atoms with van der Waals surface area (Å²) in [5, 5.41) is 0. The summed E-state index contributed by atoms with van der Waals surface area (Å²) in [6, 6.07) is 7.29. The topological polar surface area (TPSA) is 29.5 Å². The van der Waals surface area contributed by atoms with Gasteiger partial charge in [0.1, 0.15) is 6.10 Å². The lowest BCUT2D eigenvalue weighted by Gasteiger charge is -2.20. The number of carbonyl (C=O) groups excluding carboxylic acids is 1. The van der Waals surface area contributed by atoms with E-state index >= 15 is 0 Å². The molecular weight excluding hydrogens is 294 g/mol. The maximum atomic E-state index is 11.9. The zero-order valence-electron chi connectivity index (χ0n) is 10.6. The molecule has 4 heteroatoms. The molecule has 0 aromatic heterocycles. The van der Waals surface area contributed by atoms with Crippen LogP contribution in [0.5, 0.6) is 0 Å². The highest BCUT2D eigenvalue weighted by molar-refractivity contribution is 9.10. The zero-order chi connectivity index (χ0) is 13.0. The van der Waals surface area contributed by atoms with Crippen LogP contribution in [0.25, 0.3) is 0 Å². The largest absolute Gasteiger partial charge is 0.458 e.